The van der Waals surface area contributed by atoms with Crippen molar-refractivity contribution in [2.24, 2.45) is 5.92 Å². The standard InChI is InChI=1S/C27H33N7O2S/c1-33(2)27(35)17-6-7-19-23(13-17)37-26-24(19)25(28-16-29-26)31-21-12-18-15-30-32-20(18)14-22(21)36-11-10-34-8-4-3-5-9-34/h12,14-17H,3-11,13H2,1-2H3,(H,30,32)(H,28,29,31). The molecule has 6 rings (SSSR count). The van der Waals surface area contributed by atoms with Gasteiger partial charge in [-0.15, -0.1) is 11.3 Å². The van der Waals surface area contributed by atoms with Crippen LogP contribution in [-0.2, 0) is 17.6 Å². The van der Waals surface area contributed by atoms with Crippen molar-refractivity contribution in [2.75, 3.05) is 45.7 Å². The van der Waals surface area contributed by atoms with Crippen molar-refractivity contribution in [1.29, 1.82) is 0 Å². The number of aryl methyl sites for hydroxylation is 1. The van der Waals surface area contributed by atoms with Crippen LogP contribution in [0.1, 0.15) is 36.1 Å². The van der Waals surface area contributed by atoms with Crippen LogP contribution >= 0.6 is 11.3 Å². The van der Waals surface area contributed by atoms with Gasteiger partial charge in [0, 0.05) is 42.9 Å². The van der Waals surface area contributed by atoms with Crippen molar-refractivity contribution < 1.29 is 9.53 Å². The number of aromatic amines is 1. The first-order valence-electron chi connectivity index (χ1n) is 13.1. The smallest absolute Gasteiger partial charge is 0.225 e. The number of rotatable bonds is 7. The molecule has 1 aromatic carbocycles. The average molecular weight is 520 g/mol. The number of H-pyrrole nitrogens is 1. The predicted molar refractivity (Wildman–Crippen MR) is 147 cm³/mol. The van der Waals surface area contributed by atoms with Crippen LogP contribution in [0.3, 0.4) is 0 Å². The molecule has 0 saturated carbocycles. The fraction of sp³-hybridized carbons (Fsp3) is 0.481. The highest BCUT2D eigenvalue weighted by atomic mass is 32.1. The Balaban J connectivity index is 1.28. The van der Waals surface area contributed by atoms with E-state index in [-0.39, 0.29) is 11.8 Å². The molecule has 1 unspecified atom stereocenters. The molecule has 0 bridgehead atoms. The molecule has 37 heavy (non-hydrogen) atoms. The SMILES string of the molecule is CN(C)C(=O)C1CCc2c(sc3ncnc(Nc4cc5cn[nH]c5cc4OCCN4CCCCC4)c23)C1. The van der Waals surface area contributed by atoms with E-state index in [1.54, 1.807) is 22.6 Å². The summed E-state index contributed by atoms with van der Waals surface area (Å²) < 4.78 is 6.32. The number of anilines is 2. The maximum absolute atomic E-state index is 12.6. The van der Waals surface area contributed by atoms with Gasteiger partial charge >= 0.3 is 0 Å². The Bertz CT molecular complexity index is 1420. The zero-order valence-corrected chi connectivity index (χ0v) is 22.2. The third-order valence-electron chi connectivity index (χ3n) is 7.54. The van der Waals surface area contributed by atoms with Crippen LogP contribution in [0.5, 0.6) is 5.75 Å². The zero-order valence-electron chi connectivity index (χ0n) is 21.4. The number of carbonyl (C=O) groups excluding carboxylic acids is 1. The number of amides is 1. The van der Waals surface area contributed by atoms with E-state index in [2.05, 4.69) is 36.4 Å². The number of likely N-dealkylation sites (tertiary alicyclic amines) is 1. The number of aromatic nitrogens is 4. The lowest BCUT2D eigenvalue weighted by atomic mass is 9.87. The van der Waals surface area contributed by atoms with Crippen molar-refractivity contribution in [2.45, 2.75) is 38.5 Å². The molecule has 2 N–H and O–H groups in total. The van der Waals surface area contributed by atoms with Crippen LogP contribution in [0.4, 0.5) is 11.5 Å². The van der Waals surface area contributed by atoms with E-state index in [0.29, 0.717) is 6.61 Å². The second-order valence-electron chi connectivity index (χ2n) is 10.3. The van der Waals surface area contributed by atoms with Gasteiger partial charge in [-0.1, -0.05) is 6.42 Å². The molecular weight excluding hydrogens is 486 g/mol. The first-order valence-corrected chi connectivity index (χ1v) is 13.9. The van der Waals surface area contributed by atoms with Crippen LogP contribution in [0.15, 0.2) is 24.7 Å². The Kier molecular flexibility index (Phi) is 6.69. The molecule has 1 aliphatic heterocycles. The third-order valence-corrected chi connectivity index (χ3v) is 8.70. The summed E-state index contributed by atoms with van der Waals surface area (Å²) in [4.78, 5) is 28.2. The predicted octanol–water partition coefficient (Wildman–Crippen LogP) is 4.37. The Hall–Kier alpha value is -3.24. The lowest BCUT2D eigenvalue weighted by Gasteiger charge is -2.26. The third kappa shape index (κ3) is 4.87. The normalized spacial score (nSPS) is 18.2. The first-order chi connectivity index (χ1) is 18.1. The molecular formula is C27H33N7O2S. The molecule has 4 heterocycles. The van der Waals surface area contributed by atoms with Gasteiger partial charge in [-0.05, 0) is 56.8 Å². The fourth-order valence-electron chi connectivity index (χ4n) is 5.56. The molecule has 4 aromatic rings. The van der Waals surface area contributed by atoms with Crippen molar-refractivity contribution in [3.05, 3.63) is 35.1 Å². The van der Waals surface area contributed by atoms with Crippen LogP contribution in [0, 0.1) is 5.92 Å². The molecule has 1 amide bonds. The largest absolute Gasteiger partial charge is 0.490 e. The maximum Gasteiger partial charge on any atom is 0.225 e. The Labute approximate surface area is 220 Å². The lowest BCUT2D eigenvalue weighted by molar-refractivity contribution is -0.133. The number of thiophene rings is 1. The lowest BCUT2D eigenvalue weighted by Crippen LogP contribution is -2.33. The summed E-state index contributed by atoms with van der Waals surface area (Å²) >= 11 is 1.68. The van der Waals surface area contributed by atoms with Gasteiger partial charge in [0.25, 0.3) is 0 Å². The van der Waals surface area contributed by atoms with Gasteiger partial charge in [0.2, 0.25) is 5.91 Å². The minimum atomic E-state index is 0.0309. The van der Waals surface area contributed by atoms with Crippen molar-refractivity contribution in [3.8, 4) is 5.75 Å². The number of nitrogens with one attached hydrogen (secondary N) is 2. The Morgan fingerprint density at radius 1 is 1.24 bits per heavy atom. The summed E-state index contributed by atoms with van der Waals surface area (Å²) in [6.07, 6.45) is 9.76. The van der Waals surface area contributed by atoms with Gasteiger partial charge in [0.05, 0.1) is 22.8 Å². The second-order valence-corrected chi connectivity index (χ2v) is 11.3. The quantitative estimate of drug-likeness (QED) is 0.374. The first kappa shape index (κ1) is 24.1. The molecule has 0 spiro atoms. The Morgan fingerprint density at radius 2 is 2.11 bits per heavy atom. The summed E-state index contributed by atoms with van der Waals surface area (Å²) in [6.45, 7) is 3.85. The van der Waals surface area contributed by atoms with E-state index in [0.717, 1.165) is 77.3 Å². The summed E-state index contributed by atoms with van der Waals surface area (Å²) in [5.74, 6) is 1.79. The minimum absolute atomic E-state index is 0.0309. The highest BCUT2D eigenvalue weighted by Crippen LogP contribution is 2.42. The number of hydrogen-bond donors (Lipinski definition) is 2. The summed E-state index contributed by atoms with van der Waals surface area (Å²) in [6, 6.07) is 4.08. The molecule has 10 heteroatoms. The summed E-state index contributed by atoms with van der Waals surface area (Å²) in [5, 5.41) is 12.9. The highest BCUT2D eigenvalue weighted by molar-refractivity contribution is 7.19. The van der Waals surface area contributed by atoms with E-state index in [9.17, 15) is 4.79 Å². The van der Waals surface area contributed by atoms with Gasteiger partial charge < -0.3 is 15.0 Å². The van der Waals surface area contributed by atoms with E-state index in [1.807, 2.05) is 26.4 Å². The number of nitrogens with zero attached hydrogens (tertiary/aromatic N) is 5. The second kappa shape index (κ2) is 10.3. The molecule has 3 aromatic heterocycles. The number of piperidine rings is 1. The number of fused-ring (bicyclic) bond motifs is 4. The van der Waals surface area contributed by atoms with Crippen LogP contribution in [0.25, 0.3) is 21.1 Å². The van der Waals surface area contributed by atoms with Gasteiger partial charge in [0.1, 0.15) is 29.3 Å². The minimum Gasteiger partial charge on any atom is -0.490 e. The van der Waals surface area contributed by atoms with Crippen molar-refractivity contribution >= 4 is 49.9 Å². The summed E-state index contributed by atoms with van der Waals surface area (Å²) in [5.41, 5.74) is 3.07. The molecule has 1 atom stereocenters. The maximum atomic E-state index is 12.6. The molecule has 1 aliphatic carbocycles. The van der Waals surface area contributed by atoms with E-state index >= 15 is 0 Å². The van der Waals surface area contributed by atoms with Crippen LogP contribution in [0.2, 0.25) is 0 Å². The zero-order chi connectivity index (χ0) is 25.4. The number of hydrogen-bond acceptors (Lipinski definition) is 8. The van der Waals surface area contributed by atoms with Gasteiger partial charge in [-0.2, -0.15) is 5.10 Å². The van der Waals surface area contributed by atoms with Crippen LogP contribution < -0.4 is 10.1 Å². The summed E-state index contributed by atoms with van der Waals surface area (Å²) in [7, 11) is 3.67. The van der Waals surface area contributed by atoms with Crippen molar-refractivity contribution in [3.63, 3.8) is 0 Å². The number of ether oxygens (including phenoxy) is 1. The number of carbonyl (C=O) groups is 1. The molecule has 0 radical (unpaired) electrons. The number of benzene rings is 1. The van der Waals surface area contributed by atoms with E-state index < -0.39 is 0 Å². The highest BCUT2D eigenvalue weighted by Gasteiger charge is 2.30. The average Bonchev–Trinajstić information content (AvgIpc) is 3.52. The molecule has 9 nitrogen and oxygen atoms in total. The topological polar surface area (TPSA) is 99.3 Å². The van der Waals surface area contributed by atoms with Crippen LogP contribution in [-0.4, -0.2) is 76.2 Å². The molecule has 1 saturated heterocycles. The van der Waals surface area contributed by atoms with Gasteiger partial charge in [-0.25, -0.2) is 9.97 Å². The van der Waals surface area contributed by atoms with E-state index in [4.69, 9.17) is 4.74 Å². The molecule has 2 aliphatic rings. The fourth-order valence-corrected chi connectivity index (χ4v) is 6.83. The van der Waals surface area contributed by atoms with E-state index in [1.165, 1.54) is 29.7 Å². The molecule has 1 fully saturated rings. The van der Waals surface area contributed by atoms with Gasteiger partial charge in [0.15, 0.2) is 0 Å². The molecule has 194 valence electrons. The Morgan fingerprint density at radius 3 is 2.95 bits per heavy atom. The van der Waals surface area contributed by atoms with Gasteiger partial charge in [-0.3, -0.25) is 14.8 Å². The monoisotopic (exact) mass is 519 g/mol. The van der Waals surface area contributed by atoms with Crippen molar-refractivity contribution in [1.82, 2.24) is 30.0 Å².